The number of nitrogens with one attached hydrogen (secondary N) is 1. The smallest absolute Gasteiger partial charge is 0.219 e. The third-order valence-corrected chi connectivity index (χ3v) is 3.58. The van der Waals surface area contributed by atoms with Crippen LogP contribution in [0.1, 0.15) is 70.1 Å². The van der Waals surface area contributed by atoms with Crippen molar-refractivity contribution in [3.05, 3.63) is 11.8 Å². The average Bonchev–Trinajstić information content (AvgIpc) is 2.63. The van der Waals surface area contributed by atoms with Crippen molar-refractivity contribution in [3.63, 3.8) is 0 Å². The summed E-state index contributed by atoms with van der Waals surface area (Å²) in [6.07, 6.45) is 8.58. The standard InChI is InChI=1S/C14H25N3O/c1-11(2)15-10-9-13-16-17-14(18-13)12-7-5-3-4-6-8-12/h11-12,15H,3-10H2,1-2H3. The van der Waals surface area contributed by atoms with Crippen LogP contribution in [0.2, 0.25) is 0 Å². The third-order valence-electron chi connectivity index (χ3n) is 3.58. The summed E-state index contributed by atoms with van der Waals surface area (Å²) in [7, 11) is 0. The van der Waals surface area contributed by atoms with Crippen molar-refractivity contribution < 1.29 is 4.42 Å². The zero-order chi connectivity index (χ0) is 12.8. The van der Waals surface area contributed by atoms with Gasteiger partial charge in [0.25, 0.3) is 0 Å². The van der Waals surface area contributed by atoms with E-state index in [-0.39, 0.29) is 0 Å². The zero-order valence-corrected chi connectivity index (χ0v) is 11.6. The van der Waals surface area contributed by atoms with Gasteiger partial charge in [0.1, 0.15) is 0 Å². The Morgan fingerprint density at radius 1 is 1.17 bits per heavy atom. The molecule has 0 unspecified atom stereocenters. The van der Waals surface area contributed by atoms with Crippen LogP contribution < -0.4 is 5.32 Å². The van der Waals surface area contributed by atoms with E-state index in [0.717, 1.165) is 24.7 Å². The van der Waals surface area contributed by atoms with Crippen molar-refractivity contribution in [3.8, 4) is 0 Å². The van der Waals surface area contributed by atoms with E-state index in [2.05, 4.69) is 29.4 Å². The summed E-state index contributed by atoms with van der Waals surface area (Å²) < 4.78 is 5.80. The molecule has 1 heterocycles. The van der Waals surface area contributed by atoms with Gasteiger partial charge in [-0.3, -0.25) is 0 Å². The zero-order valence-electron chi connectivity index (χ0n) is 11.6. The normalized spacial score (nSPS) is 18.2. The summed E-state index contributed by atoms with van der Waals surface area (Å²) in [5.74, 6) is 2.16. The van der Waals surface area contributed by atoms with Gasteiger partial charge in [0.05, 0.1) is 0 Å². The molecular weight excluding hydrogens is 226 g/mol. The highest BCUT2D eigenvalue weighted by molar-refractivity contribution is 4.92. The largest absolute Gasteiger partial charge is 0.425 e. The summed E-state index contributed by atoms with van der Waals surface area (Å²) in [6, 6.07) is 0.509. The molecule has 1 aliphatic carbocycles. The molecule has 1 saturated carbocycles. The molecule has 0 spiro atoms. The Hall–Kier alpha value is -0.900. The van der Waals surface area contributed by atoms with E-state index in [0.29, 0.717) is 12.0 Å². The molecule has 1 N–H and O–H groups in total. The monoisotopic (exact) mass is 251 g/mol. The number of hydrogen-bond donors (Lipinski definition) is 1. The van der Waals surface area contributed by atoms with Crippen molar-refractivity contribution >= 4 is 0 Å². The van der Waals surface area contributed by atoms with Crippen LogP contribution in [0.5, 0.6) is 0 Å². The first-order chi connectivity index (χ1) is 8.75. The summed E-state index contributed by atoms with van der Waals surface area (Å²) >= 11 is 0. The molecule has 0 aromatic carbocycles. The Morgan fingerprint density at radius 3 is 2.56 bits per heavy atom. The van der Waals surface area contributed by atoms with E-state index in [9.17, 15) is 0 Å². The summed E-state index contributed by atoms with van der Waals surface area (Å²) in [4.78, 5) is 0. The highest BCUT2D eigenvalue weighted by Crippen LogP contribution is 2.30. The second-order valence-electron chi connectivity index (χ2n) is 5.58. The molecule has 2 rings (SSSR count). The molecular formula is C14H25N3O. The van der Waals surface area contributed by atoms with Crippen molar-refractivity contribution in [2.75, 3.05) is 6.54 Å². The van der Waals surface area contributed by atoms with Crippen LogP contribution in [-0.4, -0.2) is 22.8 Å². The van der Waals surface area contributed by atoms with Gasteiger partial charge in [-0.15, -0.1) is 10.2 Å². The van der Waals surface area contributed by atoms with E-state index in [1.165, 1.54) is 38.5 Å². The van der Waals surface area contributed by atoms with Gasteiger partial charge in [-0.05, 0) is 12.8 Å². The lowest BCUT2D eigenvalue weighted by Crippen LogP contribution is -2.25. The lowest BCUT2D eigenvalue weighted by Gasteiger charge is -2.08. The fourth-order valence-electron chi connectivity index (χ4n) is 2.53. The van der Waals surface area contributed by atoms with Crippen LogP contribution in [0, 0.1) is 0 Å². The Morgan fingerprint density at radius 2 is 1.89 bits per heavy atom. The molecule has 1 fully saturated rings. The highest BCUT2D eigenvalue weighted by atomic mass is 16.4. The first-order valence-corrected chi connectivity index (χ1v) is 7.31. The van der Waals surface area contributed by atoms with Crippen LogP contribution in [0.25, 0.3) is 0 Å². The maximum atomic E-state index is 5.80. The fourth-order valence-corrected chi connectivity index (χ4v) is 2.53. The highest BCUT2D eigenvalue weighted by Gasteiger charge is 2.20. The van der Waals surface area contributed by atoms with Gasteiger partial charge in [0, 0.05) is 24.9 Å². The molecule has 4 nitrogen and oxygen atoms in total. The lowest BCUT2D eigenvalue weighted by molar-refractivity contribution is 0.391. The van der Waals surface area contributed by atoms with Gasteiger partial charge in [0.2, 0.25) is 11.8 Å². The van der Waals surface area contributed by atoms with Crippen LogP contribution in [0.15, 0.2) is 4.42 Å². The van der Waals surface area contributed by atoms with Crippen LogP contribution in [0.4, 0.5) is 0 Å². The molecule has 0 amide bonds. The molecule has 1 aromatic heterocycles. The minimum absolute atomic E-state index is 0.506. The van der Waals surface area contributed by atoms with Gasteiger partial charge in [0.15, 0.2) is 0 Å². The minimum atomic E-state index is 0.506. The van der Waals surface area contributed by atoms with Crippen LogP contribution in [0.3, 0.4) is 0 Å². The van der Waals surface area contributed by atoms with E-state index in [1.54, 1.807) is 0 Å². The second-order valence-corrected chi connectivity index (χ2v) is 5.58. The second kappa shape index (κ2) is 6.88. The minimum Gasteiger partial charge on any atom is -0.425 e. The van der Waals surface area contributed by atoms with Crippen LogP contribution in [-0.2, 0) is 6.42 Å². The van der Waals surface area contributed by atoms with E-state index in [4.69, 9.17) is 4.42 Å². The average molecular weight is 251 g/mol. The molecule has 18 heavy (non-hydrogen) atoms. The first kappa shape index (κ1) is 13.5. The maximum Gasteiger partial charge on any atom is 0.219 e. The Kier molecular flexibility index (Phi) is 5.17. The summed E-state index contributed by atoms with van der Waals surface area (Å²) in [5, 5.41) is 11.8. The van der Waals surface area contributed by atoms with E-state index in [1.807, 2.05) is 0 Å². The topological polar surface area (TPSA) is 51.0 Å². The Labute approximate surface area is 110 Å². The van der Waals surface area contributed by atoms with Gasteiger partial charge >= 0.3 is 0 Å². The number of rotatable bonds is 5. The predicted octanol–water partition coefficient (Wildman–Crippen LogP) is 3.05. The van der Waals surface area contributed by atoms with Crippen molar-refractivity contribution in [1.29, 1.82) is 0 Å². The van der Waals surface area contributed by atoms with E-state index < -0.39 is 0 Å². The molecule has 0 saturated heterocycles. The number of hydrogen-bond acceptors (Lipinski definition) is 4. The molecule has 1 aliphatic rings. The van der Waals surface area contributed by atoms with Gasteiger partial charge in [-0.2, -0.15) is 0 Å². The SMILES string of the molecule is CC(C)NCCc1nnc(C2CCCCCC2)o1. The van der Waals surface area contributed by atoms with Gasteiger partial charge in [-0.1, -0.05) is 39.5 Å². The van der Waals surface area contributed by atoms with Gasteiger partial charge in [-0.25, -0.2) is 0 Å². The molecule has 0 radical (unpaired) electrons. The van der Waals surface area contributed by atoms with Crippen molar-refractivity contribution in [1.82, 2.24) is 15.5 Å². The van der Waals surface area contributed by atoms with Crippen molar-refractivity contribution in [2.45, 2.75) is 70.8 Å². The molecule has 1 aromatic rings. The van der Waals surface area contributed by atoms with E-state index >= 15 is 0 Å². The van der Waals surface area contributed by atoms with Gasteiger partial charge < -0.3 is 9.73 Å². The quantitative estimate of drug-likeness (QED) is 0.817. The summed E-state index contributed by atoms with van der Waals surface area (Å²) in [5.41, 5.74) is 0. The molecule has 4 heteroatoms. The Balaban J connectivity index is 1.84. The number of aromatic nitrogens is 2. The molecule has 0 bridgehead atoms. The molecule has 0 aliphatic heterocycles. The fraction of sp³-hybridized carbons (Fsp3) is 0.857. The number of nitrogens with zero attached hydrogens (tertiary/aromatic N) is 2. The Bertz CT molecular complexity index is 341. The lowest BCUT2D eigenvalue weighted by atomic mass is 10.0. The first-order valence-electron chi connectivity index (χ1n) is 7.31. The predicted molar refractivity (Wildman–Crippen MR) is 71.6 cm³/mol. The molecule has 102 valence electrons. The van der Waals surface area contributed by atoms with Crippen molar-refractivity contribution in [2.24, 2.45) is 0 Å². The summed E-state index contributed by atoms with van der Waals surface area (Å²) in [6.45, 7) is 5.19. The molecule has 0 atom stereocenters. The van der Waals surface area contributed by atoms with Crippen LogP contribution >= 0.6 is 0 Å². The maximum absolute atomic E-state index is 5.80. The third kappa shape index (κ3) is 4.09.